The van der Waals surface area contributed by atoms with Crippen molar-refractivity contribution < 1.29 is 19.1 Å². The number of unbranched alkanes of at least 4 members (excludes halogenated alkanes) is 15. The highest BCUT2D eigenvalue weighted by Crippen LogP contribution is 2.19. The van der Waals surface area contributed by atoms with E-state index in [1.807, 2.05) is 0 Å². The highest BCUT2D eigenvalue weighted by atomic mass is 16.5. The largest absolute Gasteiger partial charge is 0.462 e. The normalized spacial score (nSPS) is 12.8. The van der Waals surface area contributed by atoms with Crippen molar-refractivity contribution in [3.63, 3.8) is 0 Å². The summed E-state index contributed by atoms with van der Waals surface area (Å²) in [5.74, 6) is -0.179. The van der Waals surface area contributed by atoms with Crippen LogP contribution in [0, 0.1) is 0 Å². The zero-order valence-electron chi connectivity index (χ0n) is 26.2. The Balaban J connectivity index is 4.32. The van der Waals surface area contributed by atoms with Crippen LogP contribution in [-0.4, -0.2) is 24.1 Å². The Hall–Kier alpha value is -1.06. The molecule has 0 N–H and O–H groups in total. The van der Waals surface area contributed by atoms with Gasteiger partial charge in [-0.3, -0.25) is 9.59 Å². The number of hydrogen-bond acceptors (Lipinski definition) is 4. The summed E-state index contributed by atoms with van der Waals surface area (Å²) in [7, 11) is 0. The van der Waals surface area contributed by atoms with E-state index in [2.05, 4.69) is 27.7 Å². The summed E-state index contributed by atoms with van der Waals surface area (Å²) >= 11 is 0. The first-order valence-corrected chi connectivity index (χ1v) is 17.0. The lowest BCUT2D eigenvalue weighted by atomic mass is 10.0. The van der Waals surface area contributed by atoms with Gasteiger partial charge in [-0.2, -0.15) is 0 Å². The maximum atomic E-state index is 12.5. The van der Waals surface area contributed by atoms with Gasteiger partial charge >= 0.3 is 11.9 Å². The molecule has 0 saturated carbocycles. The Morgan fingerprint density at radius 2 is 0.658 bits per heavy atom. The van der Waals surface area contributed by atoms with Crippen LogP contribution in [0.4, 0.5) is 0 Å². The van der Waals surface area contributed by atoms with Crippen molar-refractivity contribution >= 4 is 11.9 Å². The van der Waals surface area contributed by atoms with Crippen molar-refractivity contribution in [1.29, 1.82) is 0 Å². The van der Waals surface area contributed by atoms with E-state index in [9.17, 15) is 9.59 Å². The SMILES string of the molecule is CCCCCCCC(CCCCCC)OC(=O)CCCCC(=O)OC(CCCCCC)CCCCCCC. The second-order valence-corrected chi connectivity index (χ2v) is 11.5. The van der Waals surface area contributed by atoms with Crippen LogP contribution in [0.15, 0.2) is 0 Å². The van der Waals surface area contributed by atoms with E-state index in [0.29, 0.717) is 25.7 Å². The van der Waals surface area contributed by atoms with Crippen LogP contribution < -0.4 is 0 Å². The van der Waals surface area contributed by atoms with E-state index in [4.69, 9.17) is 9.47 Å². The Labute approximate surface area is 237 Å². The van der Waals surface area contributed by atoms with Crippen molar-refractivity contribution in [2.45, 2.75) is 207 Å². The zero-order valence-corrected chi connectivity index (χ0v) is 26.2. The summed E-state index contributed by atoms with van der Waals surface area (Å²) in [5.41, 5.74) is 0. The molecule has 2 unspecified atom stereocenters. The van der Waals surface area contributed by atoms with Crippen molar-refractivity contribution in [2.24, 2.45) is 0 Å². The van der Waals surface area contributed by atoms with Gasteiger partial charge in [-0.25, -0.2) is 0 Å². The van der Waals surface area contributed by atoms with Gasteiger partial charge in [0.05, 0.1) is 0 Å². The molecule has 0 spiro atoms. The van der Waals surface area contributed by atoms with Crippen molar-refractivity contribution in [2.75, 3.05) is 0 Å². The number of ether oxygens (including phenoxy) is 2. The van der Waals surface area contributed by atoms with E-state index >= 15 is 0 Å². The van der Waals surface area contributed by atoms with Gasteiger partial charge in [-0.05, 0) is 64.2 Å². The highest BCUT2D eigenvalue weighted by Gasteiger charge is 2.16. The minimum absolute atomic E-state index is 0.0664. The molecule has 4 nitrogen and oxygen atoms in total. The lowest BCUT2D eigenvalue weighted by molar-refractivity contribution is -0.152. The van der Waals surface area contributed by atoms with Crippen molar-refractivity contribution in [3.05, 3.63) is 0 Å². The molecule has 0 saturated heterocycles. The number of rotatable bonds is 29. The molecule has 0 aliphatic rings. The molecule has 38 heavy (non-hydrogen) atoms. The minimum atomic E-state index is -0.0895. The molecular weight excluding hydrogens is 472 g/mol. The average molecular weight is 539 g/mol. The lowest BCUT2D eigenvalue weighted by Crippen LogP contribution is -2.19. The van der Waals surface area contributed by atoms with E-state index in [1.165, 1.54) is 89.9 Å². The summed E-state index contributed by atoms with van der Waals surface area (Å²) in [6.07, 6.45) is 28.4. The average Bonchev–Trinajstić information content (AvgIpc) is 2.90. The second-order valence-electron chi connectivity index (χ2n) is 11.5. The molecule has 0 fully saturated rings. The molecular formula is C34H66O4. The van der Waals surface area contributed by atoms with Gasteiger partial charge in [0.2, 0.25) is 0 Å². The lowest BCUT2D eigenvalue weighted by Gasteiger charge is -2.19. The van der Waals surface area contributed by atoms with Gasteiger partial charge in [0.15, 0.2) is 0 Å². The van der Waals surface area contributed by atoms with Gasteiger partial charge in [-0.15, -0.1) is 0 Å². The van der Waals surface area contributed by atoms with Crippen LogP contribution in [0.25, 0.3) is 0 Å². The molecule has 0 heterocycles. The minimum Gasteiger partial charge on any atom is -0.462 e. The number of carbonyl (C=O) groups is 2. The van der Waals surface area contributed by atoms with Crippen molar-refractivity contribution in [1.82, 2.24) is 0 Å². The van der Waals surface area contributed by atoms with Gasteiger partial charge in [0, 0.05) is 12.8 Å². The Kier molecular flexibility index (Phi) is 28.1. The Morgan fingerprint density at radius 3 is 0.947 bits per heavy atom. The van der Waals surface area contributed by atoms with Gasteiger partial charge < -0.3 is 9.47 Å². The first kappa shape index (κ1) is 36.9. The molecule has 0 aliphatic heterocycles. The third kappa shape index (κ3) is 25.2. The smallest absolute Gasteiger partial charge is 0.306 e. The molecule has 0 amide bonds. The molecule has 0 bridgehead atoms. The summed E-state index contributed by atoms with van der Waals surface area (Å²) in [4.78, 5) is 25.1. The van der Waals surface area contributed by atoms with Crippen LogP contribution >= 0.6 is 0 Å². The first-order valence-electron chi connectivity index (χ1n) is 17.0. The standard InChI is InChI=1S/C34H66O4/c1-5-9-13-17-21-27-31(25-19-15-11-7-3)37-33(35)29-23-24-30-34(36)38-32(26-20-16-12-8-4)28-22-18-14-10-6-2/h31-32H,5-30H2,1-4H3. The fraction of sp³-hybridized carbons (Fsp3) is 0.941. The van der Waals surface area contributed by atoms with Gasteiger partial charge in [0.1, 0.15) is 12.2 Å². The summed E-state index contributed by atoms with van der Waals surface area (Å²) in [6.45, 7) is 8.92. The topological polar surface area (TPSA) is 52.6 Å². The van der Waals surface area contributed by atoms with Crippen molar-refractivity contribution in [3.8, 4) is 0 Å². The quantitative estimate of drug-likeness (QED) is 0.0702. The van der Waals surface area contributed by atoms with Crippen LogP contribution in [0.2, 0.25) is 0 Å². The third-order valence-electron chi connectivity index (χ3n) is 7.63. The molecule has 226 valence electrons. The van der Waals surface area contributed by atoms with Gasteiger partial charge in [-0.1, -0.05) is 118 Å². The summed E-state index contributed by atoms with van der Waals surface area (Å²) < 4.78 is 11.8. The fourth-order valence-corrected chi connectivity index (χ4v) is 5.10. The van der Waals surface area contributed by atoms with Crippen LogP contribution in [0.1, 0.15) is 195 Å². The molecule has 2 atom stereocenters. The summed E-state index contributed by atoms with van der Waals surface area (Å²) in [5, 5.41) is 0. The Morgan fingerprint density at radius 1 is 0.395 bits per heavy atom. The monoisotopic (exact) mass is 538 g/mol. The number of carbonyl (C=O) groups excluding carboxylic acids is 2. The van der Waals surface area contributed by atoms with E-state index in [0.717, 1.165) is 51.4 Å². The number of esters is 2. The fourth-order valence-electron chi connectivity index (χ4n) is 5.10. The summed E-state index contributed by atoms with van der Waals surface area (Å²) in [6, 6.07) is 0. The van der Waals surface area contributed by atoms with E-state index in [1.54, 1.807) is 0 Å². The molecule has 0 aliphatic carbocycles. The molecule has 0 rings (SSSR count). The van der Waals surface area contributed by atoms with Crippen LogP contribution in [-0.2, 0) is 19.1 Å². The molecule has 0 aromatic heterocycles. The zero-order chi connectivity index (χ0) is 28.1. The maximum absolute atomic E-state index is 12.5. The van der Waals surface area contributed by atoms with Crippen LogP contribution in [0.3, 0.4) is 0 Å². The first-order chi connectivity index (χ1) is 18.6. The molecule has 0 aromatic carbocycles. The molecule has 0 aromatic rings. The predicted molar refractivity (Wildman–Crippen MR) is 162 cm³/mol. The van der Waals surface area contributed by atoms with E-state index < -0.39 is 0 Å². The second kappa shape index (κ2) is 28.9. The predicted octanol–water partition coefficient (Wildman–Crippen LogP) is 11.0. The maximum Gasteiger partial charge on any atom is 0.306 e. The van der Waals surface area contributed by atoms with E-state index in [-0.39, 0.29) is 24.1 Å². The third-order valence-corrected chi connectivity index (χ3v) is 7.63. The van der Waals surface area contributed by atoms with Crippen LogP contribution in [0.5, 0.6) is 0 Å². The molecule has 0 radical (unpaired) electrons. The number of hydrogen-bond donors (Lipinski definition) is 0. The highest BCUT2D eigenvalue weighted by molar-refractivity contribution is 5.70. The van der Waals surface area contributed by atoms with Gasteiger partial charge in [0.25, 0.3) is 0 Å². The molecule has 4 heteroatoms. The Bertz CT molecular complexity index is 473.